The Morgan fingerprint density at radius 2 is 2.15 bits per heavy atom. The number of phenolic OH excluding ortho intramolecular Hbond substituents is 1. The average molecular weight is 387 g/mol. The van der Waals surface area contributed by atoms with E-state index in [-0.39, 0.29) is 17.9 Å². The molecular weight excluding hydrogens is 373 g/mol. The van der Waals surface area contributed by atoms with Crippen molar-refractivity contribution in [3.05, 3.63) is 26.8 Å². The molecule has 0 saturated heterocycles. The van der Waals surface area contributed by atoms with Crippen LogP contribution in [-0.4, -0.2) is 24.3 Å². The lowest BCUT2D eigenvalue weighted by molar-refractivity contribution is -0.137. The third kappa shape index (κ3) is 4.13. The predicted octanol–water partition coefficient (Wildman–Crippen LogP) is 2.87. The summed E-state index contributed by atoms with van der Waals surface area (Å²) in [5.74, 6) is -0.318. The van der Waals surface area contributed by atoms with Crippen LogP contribution in [-0.2, 0) is 9.53 Å². The molecule has 1 aromatic rings. The number of hydrogen-bond donors (Lipinski definition) is 1. The highest BCUT2D eigenvalue weighted by atomic mass is 127. The molecule has 0 fully saturated rings. The van der Waals surface area contributed by atoms with E-state index >= 15 is 0 Å². The highest BCUT2D eigenvalue weighted by molar-refractivity contribution is 14.1. The molecule has 0 unspecified atom stereocenters. The largest absolute Gasteiger partial charge is 0.504 e. The van der Waals surface area contributed by atoms with Gasteiger partial charge >= 0.3 is 5.97 Å². The smallest absolute Gasteiger partial charge is 0.348 e. The fourth-order valence-corrected chi connectivity index (χ4v) is 2.08. The van der Waals surface area contributed by atoms with Crippen molar-refractivity contribution in [3.8, 4) is 17.6 Å². The van der Waals surface area contributed by atoms with Gasteiger partial charge < -0.3 is 14.6 Å². The molecule has 0 saturated carbocycles. The molecule has 0 aliphatic heterocycles. The minimum atomic E-state index is -0.670. The number of rotatable bonds is 5. The molecular formula is C14H14INO4. The number of nitriles is 1. The van der Waals surface area contributed by atoms with Gasteiger partial charge in [0.25, 0.3) is 0 Å². The maximum absolute atomic E-state index is 11.5. The van der Waals surface area contributed by atoms with Crippen LogP contribution in [0.1, 0.15) is 19.4 Å². The van der Waals surface area contributed by atoms with E-state index in [1.807, 2.05) is 22.6 Å². The maximum atomic E-state index is 11.5. The van der Waals surface area contributed by atoms with Crippen LogP contribution in [0, 0.1) is 14.9 Å². The molecule has 0 aliphatic carbocycles. The van der Waals surface area contributed by atoms with Crippen LogP contribution in [0.25, 0.3) is 6.08 Å². The Bertz CT molecular complexity index is 575. The highest BCUT2D eigenvalue weighted by Crippen LogP contribution is 2.33. The molecule has 0 atom stereocenters. The van der Waals surface area contributed by atoms with Crippen molar-refractivity contribution in [1.82, 2.24) is 0 Å². The second-order valence-electron chi connectivity index (χ2n) is 3.67. The normalized spacial score (nSPS) is 10.8. The van der Waals surface area contributed by atoms with Crippen LogP contribution in [0.15, 0.2) is 17.7 Å². The van der Waals surface area contributed by atoms with Gasteiger partial charge in [0.1, 0.15) is 11.6 Å². The van der Waals surface area contributed by atoms with Gasteiger partial charge in [-0.15, -0.1) is 0 Å². The molecule has 1 aromatic carbocycles. The number of benzene rings is 1. The Hall–Kier alpha value is -1.75. The monoisotopic (exact) mass is 387 g/mol. The van der Waals surface area contributed by atoms with Crippen molar-refractivity contribution >= 4 is 34.6 Å². The third-order valence-electron chi connectivity index (χ3n) is 2.28. The van der Waals surface area contributed by atoms with Gasteiger partial charge in [0, 0.05) is 0 Å². The molecule has 1 rings (SSSR count). The molecule has 0 spiro atoms. The standard InChI is InChI=1S/C14H14INO4/c1-3-19-12-7-9(6-11(15)13(12)17)5-10(8-16)14(18)20-4-2/h5-7,17H,3-4H2,1-2H3/b10-5-. The summed E-state index contributed by atoms with van der Waals surface area (Å²) >= 11 is 1.95. The van der Waals surface area contributed by atoms with Crippen molar-refractivity contribution < 1.29 is 19.4 Å². The van der Waals surface area contributed by atoms with Gasteiger partial charge in [-0.05, 0) is 60.2 Å². The minimum Gasteiger partial charge on any atom is -0.504 e. The van der Waals surface area contributed by atoms with Crippen molar-refractivity contribution in [3.63, 3.8) is 0 Å². The summed E-state index contributed by atoms with van der Waals surface area (Å²) in [5.41, 5.74) is 0.482. The Morgan fingerprint density at radius 3 is 2.70 bits per heavy atom. The van der Waals surface area contributed by atoms with E-state index in [1.54, 1.807) is 32.0 Å². The second-order valence-corrected chi connectivity index (χ2v) is 4.83. The van der Waals surface area contributed by atoms with Crippen molar-refractivity contribution in [2.45, 2.75) is 13.8 Å². The van der Waals surface area contributed by atoms with E-state index in [0.717, 1.165) is 0 Å². The minimum absolute atomic E-state index is 0.0410. The van der Waals surface area contributed by atoms with Crippen LogP contribution < -0.4 is 4.74 Å². The molecule has 1 N–H and O–H groups in total. The van der Waals surface area contributed by atoms with Crippen LogP contribution in [0.4, 0.5) is 0 Å². The third-order valence-corrected chi connectivity index (χ3v) is 3.10. The number of esters is 1. The summed E-state index contributed by atoms with van der Waals surface area (Å²) in [6, 6.07) is 5.02. The first-order chi connectivity index (χ1) is 9.53. The molecule has 0 aromatic heterocycles. The van der Waals surface area contributed by atoms with Gasteiger partial charge in [0.05, 0.1) is 16.8 Å². The average Bonchev–Trinajstić information content (AvgIpc) is 2.42. The van der Waals surface area contributed by atoms with Gasteiger partial charge in [-0.25, -0.2) is 4.79 Å². The van der Waals surface area contributed by atoms with Crippen molar-refractivity contribution in [2.75, 3.05) is 13.2 Å². The van der Waals surface area contributed by atoms with E-state index in [0.29, 0.717) is 21.5 Å². The lowest BCUT2D eigenvalue weighted by Gasteiger charge is -2.09. The highest BCUT2D eigenvalue weighted by Gasteiger charge is 2.12. The molecule has 0 aliphatic rings. The summed E-state index contributed by atoms with van der Waals surface area (Å²) in [7, 11) is 0. The van der Waals surface area contributed by atoms with Crippen LogP contribution in [0.3, 0.4) is 0 Å². The zero-order valence-electron chi connectivity index (χ0n) is 11.1. The van der Waals surface area contributed by atoms with Crippen LogP contribution in [0.5, 0.6) is 11.5 Å². The molecule has 0 bridgehead atoms. The molecule has 5 nitrogen and oxygen atoms in total. The lowest BCUT2D eigenvalue weighted by Crippen LogP contribution is -2.06. The van der Waals surface area contributed by atoms with E-state index in [4.69, 9.17) is 14.7 Å². The molecule has 0 radical (unpaired) electrons. The first kappa shape index (κ1) is 16.3. The van der Waals surface area contributed by atoms with Crippen molar-refractivity contribution in [2.24, 2.45) is 0 Å². The summed E-state index contributed by atoms with van der Waals surface area (Å²) in [6.45, 7) is 4.08. The zero-order chi connectivity index (χ0) is 15.1. The molecule has 0 amide bonds. The van der Waals surface area contributed by atoms with Gasteiger partial charge in [-0.3, -0.25) is 0 Å². The number of nitrogens with zero attached hydrogens (tertiary/aromatic N) is 1. The number of ether oxygens (including phenoxy) is 2. The number of carbonyl (C=O) groups is 1. The van der Waals surface area contributed by atoms with Crippen LogP contribution in [0.2, 0.25) is 0 Å². The predicted molar refractivity (Wildman–Crippen MR) is 82.2 cm³/mol. The number of carbonyl (C=O) groups excluding carboxylic acids is 1. The van der Waals surface area contributed by atoms with Gasteiger partial charge in [-0.1, -0.05) is 0 Å². The zero-order valence-corrected chi connectivity index (χ0v) is 13.3. The summed E-state index contributed by atoms with van der Waals surface area (Å²) in [4.78, 5) is 11.5. The first-order valence-electron chi connectivity index (χ1n) is 5.97. The molecule has 6 heteroatoms. The number of aromatic hydroxyl groups is 1. The number of halogens is 1. The number of hydrogen-bond acceptors (Lipinski definition) is 5. The maximum Gasteiger partial charge on any atom is 0.348 e. The lowest BCUT2D eigenvalue weighted by atomic mass is 10.1. The topological polar surface area (TPSA) is 79.6 Å². The summed E-state index contributed by atoms with van der Waals surface area (Å²) in [5, 5.41) is 18.8. The first-order valence-corrected chi connectivity index (χ1v) is 7.05. The van der Waals surface area contributed by atoms with Gasteiger partial charge in [0.2, 0.25) is 0 Å². The van der Waals surface area contributed by atoms with E-state index in [9.17, 15) is 9.90 Å². The summed E-state index contributed by atoms with van der Waals surface area (Å²) in [6.07, 6.45) is 1.40. The van der Waals surface area contributed by atoms with E-state index < -0.39 is 5.97 Å². The Balaban J connectivity index is 3.19. The second kappa shape index (κ2) is 7.75. The molecule has 106 valence electrons. The van der Waals surface area contributed by atoms with E-state index in [2.05, 4.69) is 0 Å². The quantitative estimate of drug-likeness (QED) is 0.364. The fourth-order valence-electron chi connectivity index (χ4n) is 1.45. The Kier molecular flexibility index (Phi) is 6.31. The van der Waals surface area contributed by atoms with Gasteiger partial charge in [0.15, 0.2) is 11.5 Å². The Labute approximate surface area is 130 Å². The Morgan fingerprint density at radius 1 is 1.45 bits per heavy atom. The number of phenols is 1. The van der Waals surface area contributed by atoms with E-state index in [1.165, 1.54) is 6.08 Å². The molecule has 0 heterocycles. The van der Waals surface area contributed by atoms with Crippen molar-refractivity contribution in [1.29, 1.82) is 5.26 Å². The van der Waals surface area contributed by atoms with Gasteiger partial charge in [-0.2, -0.15) is 5.26 Å². The van der Waals surface area contributed by atoms with Crippen LogP contribution >= 0.6 is 22.6 Å². The summed E-state index contributed by atoms with van der Waals surface area (Å²) < 4.78 is 10.7. The fraction of sp³-hybridized carbons (Fsp3) is 0.286. The molecule has 20 heavy (non-hydrogen) atoms. The SMILES string of the molecule is CCOC(=O)/C(C#N)=C\c1cc(I)c(O)c(OCC)c1.